The largest absolute Gasteiger partial charge is 0.330 e. The predicted molar refractivity (Wildman–Crippen MR) is 61.9 cm³/mol. The van der Waals surface area contributed by atoms with Gasteiger partial charge in [0.1, 0.15) is 5.69 Å². The van der Waals surface area contributed by atoms with Crippen LogP contribution in [-0.2, 0) is 0 Å². The normalized spacial score (nSPS) is 10.6. The van der Waals surface area contributed by atoms with E-state index < -0.39 is 18.9 Å². The number of carbonyl (C=O) groups excluding carboxylic acids is 1. The summed E-state index contributed by atoms with van der Waals surface area (Å²) in [6.45, 7) is -0.606. The number of hydrogen-bond donors (Lipinski definition) is 0. The molecule has 3 nitrogen and oxygen atoms in total. The standard InChI is InChI=1S/C10H10Cl2F2N2O/c11-3-4-16(6-9(13)14)10(17)8-2-1-7(12)5-15-8/h1-2,5,9H,3-4,6H2. The quantitative estimate of drug-likeness (QED) is 0.778. The Morgan fingerprint density at radius 1 is 1.47 bits per heavy atom. The molecule has 0 fully saturated rings. The number of rotatable bonds is 5. The Hall–Kier alpha value is -0.940. The summed E-state index contributed by atoms with van der Waals surface area (Å²) in [4.78, 5) is 16.6. The molecule has 0 saturated heterocycles. The van der Waals surface area contributed by atoms with E-state index >= 15 is 0 Å². The lowest BCUT2D eigenvalue weighted by atomic mass is 10.3. The van der Waals surface area contributed by atoms with Gasteiger partial charge >= 0.3 is 0 Å². The molecule has 1 rings (SSSR count). The molecule has 0 saturated carbocycles. The summed E-state index contributed by atoms with van der Waals surface area (Å²) in [5, 5.41) is 0.374. The molecule has 0 bridgehead atoms. The third-order valence-electron chi connectivity index (χ3n) is 1.95. The second-order valence-electron chi connectivity index (χ2n) is 3.19. The van der Waals surface area contributed by atoms with E-state index in [2.05, 4.69) is 4.98 Å². The zero-order chi connectivity index (χ0) is 12.8. The van der Waals surface area contributed by atoms with E-state index in [1.54, 1.807) is 0 Å². The average molecular weight is 283 g/mol. The summed E-state index contributed by atoms with van der Waals surface area (Å²) >= 11 is 11.1. The molecular formula is C10H10Cl2F2N2O. The number of alkyl halides is 3. The van der Waals surface area contributed by atoms with Crippen molar-refractivity contribution < 1.29 is 13.6 Å². The van der Waals surface area contributed by atoms with Crippen molar-refractivity contribution in [2.24, 2.45) is 0 Å². The maximum atomic E-state index is 12.3. The van der Waals surface area contributed by atoms with Gasteiger partial charge in [0, 0.05) is 18.6 Å². The minimum atomic E-state index is -2.60. The van der Waals surface area contributed by atoms with Gasteiger partial charge in [-0.2, -0.15) is 0 Å². The highest BCUT2D eigenvalue weighted by Gasteiger charge is 2.20. The Morgan fingerprint density at radius 2 is 2.18 bits per heavy atom. The number of hydrogen-bond acceptors (Lipinski definition) is 2. The van der Waals surface area contributed by atoms with Crippen molar-refractivity contribution in [2.45, 2.75) is 6.43 Å². The smallest absolute Gasteiger partial charge is 0.272 e. The van der Waals surface area contributed by atoms with Crippen LogP contribution in [0, 0.1) is 0 Å². The van der Waals surface area contributed by atoms with Gasteiger partial charge in [0.05, 0.1) is 11.6 Å². The molecule has 0 aliphatic rings. The van der Waals surface area contributed by atoms with Crippen LogP contribution in [0.4, 0.5) is 8.78 Å². The van der Waals surface area contributed by atoms with Crippen molar-refractivity contribution in [2.75, 3.05) is 19.0 Å². The number of halogens is 4. The van der Waals surface area contributed by atoms with Gasteiger partial charge in [-0.15, -0.1) is 11.6 Å². The van der Waals surface area contributed by atoms with Crippen molar-refractivity contribution >= 4 is 29.1 Å². The van der Waals surface area contributed by atoms with E-state index in [1.165, 1.54) is 18.3 Å². The highest BCUT2D eigenvalue weighted by Crippen LogP contribution is 2.09. The Morgan fingerprint density at radius 3 is 2.65 bits per heavy atom. The maximum Gasteiger partial charge on any atom is 0.272 e. The molecule has 1 aromatic heterocycles. The molecule has 1 heterocycles. The third-order valence-corrected chi connectivity index (χ3v) is 2.34. The van der Waals surface area contributed by atoms with Crippen LogP contribution in [0.2, 0.25) is 5.02 Å². The van der Waals surface area contributed by atoms with E-state index in [-0.39, 0.29) is 18.1 Å². The fourth-order valence-electron chi connectivity index (χ4n) is 1.21. The van der Waals surface area contributed by atoms with Crippen LogP contribution in [0.5, 0.6) is 0 Å². The number of carbonyl (C=O) groups is 1. The second kappa shape index (κ2) is 6.71. The average Bonchev–Trinajstić information content (AvgIpc) is 2.28. The molecule has 0 radical (unpaired) electrons. The van der Waals surface area contributed by atoms with Gasteiger partial charge in [-0.25, -0.2) is 13.8 Å². The molecule has 0 N–H and O–H groups in total. The fraction of sp³-hybridized carbons (Fsp3) is 0.400. The van der Waals surface area contributed by atoms with Gasteiger partial charge in [0.15, 0.2) is 0 Å². The van der Waals surface area contributed by atoms with Crippen molar-refractivity contribution in [3.63, 3.8) is 0 Å². The van der Waals surface area contributed by atoms with Gasteiger partial charge in [0.2, 0.25) is 0 Å². The summed E-state index contributed by atoms with van der Waals surface area (Å²) in [7, 11) is 0. The van der Waals surface area contributed by atoms with Crippen LogP contribution in [0.1, 0.15) is 10.5 Å². The van der Waals surface area contributed by atoms with Gasteiger partial charge < -0.3 is 4.90 Å². The zero-order valence-corrected chi connectivity index (χ0v) is 10.3. The SMILES string of the molecule is O=C(c1ccc(Cl)cn1)N(CCCl)CC(F)F. The lowest BCUT2D eigenvalue weighted by Crippen LogP contribution is -2.37. The van der Waals surface area contributed by atoms with E-state index in [0.717, 1.165) is 4.90 Å². The maximum absolute atomic E-state index is 12.3. The summed E-state index contributed by atoms with van der Waals surface area (Å²) in [6, 6.07) is 2.86. The summed E-state index contributed by atoms with van der Waals surface area (Å²) in [6.07, 6.45) is -1.31. The molecule has 0 aliphatic heterocycles. The molecule has 7 heteroatoms. The van der Waals surface area contributed by atoms with Crippen molar-refractivity contribution in [3.8, 4) is 0 Å². The first-order valence-corrected chi connectivity index (χ1v) is 5.70. The lowest BCUT2D eigenvalue weighted by molar-refractivity contribution is 0.0566. The van der Waals surface area contributed by atoms with Crippen LogP contribution in [-0.4, -0.2) is 41.2 Å². The molecule has 17 heavy (non-hydrogen) atoms. The van der Waals surface area contributed by atoms with Crippen LogP contribution in [0.15, 0.2) is 18.3 Å². The van der Waals surface area contributed by atoms with Gasteiger partial charge in [-0.3, -0.25) is 4.79 Å². The topological polar surface area (TPSA) is 33.2 Å². The molecule has 0 aliphatic carbocycles. The minimum absolute atomic E-state index is 0.0506. The molecular weight excluding hydrogens is 273 g/mol. The van der Waals surface area contributed by atoms with Gasteiger partial charge in [-0.1, -0.05) is 11.6 Å². The van der Waals surface area contributed by atoms with Crippen LogP contribution < -0.4 is 0 Å². The van der Waals surface area contributed by atoms with E-state index in [4.69, 9.17) is 23.2 Å². The third kappa shape index (κ3) is 4.44. The monoisotopic (exact) mass is 282 g/mol. The van der Waals surface area contributed by atoms with E-state index in [0.29, 0.717) is 5.02 Å². The first-order chi connectivity index (χ1) is 8.04. The summed E-state index contributed by atoms with van der Waals surface area (Å²) < 4.78 is 24.5. The van der Waals surface area contributed by atoms with Crippen molar-refractivity contribution in [1.29, 1.82) is 0 Å². The Kier molecular flexibility index (Phi) is 5.58. The zero-order valence-electron chi connectivity index (χ0n) is 8.75. The highest BCUT2D eigenvalue weighted by molar-refractivity contribution is 6.30. The highest BCUT2D eigenvalue weighted by atomic mass is 35.5. The molecule has 0 atom stereocenters. The number of pyridine rings is 1. The molecule has 94 valence electrons. The predicted octanol–water partition coefficient (Wildman–Crippen LogP) is 2.68. The first-order valence-electron chi connectivity index (χ1n) is 4.79. The molecule has 0 aromatic carbocycles. The molecule has 1 aromatic rings. The number of aromatic nitrogens is 1. The van der Waals surface area contributed by atoms with Gasteiger partial charge in [-0.05, 0) is 12.1 Å². The molecule has 1 amide bonds. The molecule has 0 unspecified atom stereocenters. The fourth-order valence-corrected chi connectivity index (χ4v) is 1.52. The first kappa shape index (κ1) is 14.1. The summed E-state index contributed by atoms with van der Waals surface area (Å²) in [5.41, 5.74) is 0.0696. The van der Waals surface area contributed by atoms with Crippen LogP contribution in [0.3, 0.4) is 0 Å². The van der Waals surface area contributed by atoms with Crippen LogP contribution in [0.25, 0.3) is 0 Å². The van der Waals surface area contributed by atoms with E-state index in [9.17, 15) is 13.6 Å². The Bertz CT molecular complexity index is 373. The number of amides is 1. The Balaban J connectivity index is 2.79. The van der Waals surface area contributed by atoms with Crippen molar-refractivity contribution in [3.05, 3.63) is 29.0 Å². The molecule has 0 spiro atoms. The lowest BCUT2D eigenvalue weighted by Gasteiger charge is -2.20. The Labute approximate surface area is 107 Å². The second-order valence-corrected chi connectivity index (χ2v) is 4.01. The summed E-state index contributed by atoms with van der Waals surface area (Å²) in [5.74, 6) is -0.492. The number of nitrogens with zero attached hydrogens (tertiary/aromatic N) is 2. The van der Waals surface area contributed by atoms with E-state index in [1.807, 2.05) is 0 Å². The van der Waals surface area contributed by atoms with Gasteiger partial charge in [0.25, 0.3) is 12.3 Å². The minimum Gasteiger partial charge on any atom is -0.330 e. The van der Waals surface area contributed by atoms with Crippen molar-refractivity contribution in [1.82, 2.24) is 9.88 Å². The van der Waals surface area contributed by atoms with Crippen LogP contribution >= 0.6 is 23.2 Å².